The molecule has 0 fully saturated rings. The molecular weight excluding hydrogens is 212 g/mol. The van der Waals surface area contributed by atoms with E-state index in [0.717, 1.165) is 28.0 Å². The van der Waals surface area contributed by atoms with Crippen LogP contribution in [-0.4, -0.2) is 17.1 Å². The van der Waals surface area contributed by atoms with Crippen molar-refractivity contribution in [3.63, 3.8) is 0 Å². The SMILES string of the molecule is COc1cccc(-c2cc3ncccc3[nH]2)c1. The van der Waals surface area contributed by atoms with Crippen LogP contribution in [0.4, 0.5) is 0 Å². The molecule has 2 heterocycles. The molecule has 0 atom stereocenters. The van der Waals surface area contributed by atoms with E-state index in [1.807, 2.05) is 42.5 Å². The number of pyridine rings is 1. The molecule has 0 bridgehead atoms. The van der Waals surface area contributed by atoms with Crippen molar-refractivity contribution in [3.8, 4) is 17.0 Å². The first-order valence-corrected chi connectivity index (χ1v) is 5.45. The molecule has 0 aliphatic carbocycles. The maximum absolute atomic E-state index is 5.22. The summed E-state index contributed by atoms with van der Waals surface area (Å²) in [6.45, 7) is 0. The second kappa shape index (κ2) is 3.94. The summed E-state index contributed by atoms with van der Waals surface area (Å²) in [6.07, 6.45) is 1.80. The Morgan fingerprint density at radius 1 is 1.12 bits per heavy atom. The van der Waals surface area contributed by atoms with Gasteiger partial charge in [-0.05, 0) is 30.3 Å². The Hall–Kier alpha value is -2.29. The molecule has 2 aromatic heterocycles. The van der Waals surface area contributed by atoms with Gasteiger partial charge in [-0.3, -0.25) is 4.98 Å². The molecule has 84 valence electrons. The number of hydrogen-bond donors (Lipinski definition) is 1. The molecule has 0 aliphatic heterocycles. The molecule has 0 aliphatic rings. The molecule has 17 heavy (non-hydrogen) atoms. The third-order valence-corrected chi connectivity index (χ3v) is 2.77. The lowest BCUT2D eigenvalue weighted by molar-refractivity contribution is 0.415. The zero-order chi connectivity index (χ0) is 11.7. The number of fused-ring (bicyclic) bond motifs is 1. The lowest BCUT2D eigenvalue weighted by atomic mass is 10.1. The van der Waals surface area contributed by atoms with Crippen molar-refractivity contribution in [1.29, 1.82) is 0 Å². The predicted molar refractivity (Wildman–Crippen MR) is 68.1 cm³/mol. The largest absolute Gasteiger partial charge is 0.497 e. The zero-order valence-electron chi connectivity index (χ0n) is 9.47. The second-order valence-electron chi connectivity index (χ2n) is 3.85. The van der Waals surface area contributed by atoms with Gasteiger partial charge >= 0.3 is 0 Å². The topological polar surface area (TPSA) is 37.9 Å². The van der Waals surface area contributed by atoms with Crippen molar-refractivity contribution >= 4 is 11.0 Å². The summed E-state index contributed by atoms with van der Waals surface area (Å²) in [5, 5.41) is 0. The number of hydrogen-bond acceptors (Lipinski definition) is 2. The summed E-state index contributed by atoms with van der Waals surface area (Å²) in [6, 6.07) is 14.0. The van der Waals surface area contributed by atoms with E-state index < -0.39 is 0 Å². The quantitative estimate of drug-likeness (QED) is 0.725. The van der Waals surface area contributed by atoms with Gasteiger partial charge < -0.3 is 9.72 Å². The molecule has 3 rings (SSSR count). The van der Waals surface area contributed by atoms with Crippen LogP contribution in [-0.2, 0) is 0 Å². The first-order chi connectivity index (χ1) is 8.36. The van der Waals surface area contributed by atoms with E-state index in [1.165, 1.54) is 0 Å². The van der Waals surface area contributed by atoms with Gasteiger partial charge in [0.05, 0.1) is 18.1 Å². The molecule has 3 nitrogen and oxygen atoms in total. The van der Waals surface area contributed by atoms with Crippen molar-refractivity contribution in [2.45, 2.75) is 0 Å². The molecule has 0 saturated heterocycles. The summed E-state index contributed by atoms with van der Waals surface area (Å²) in [4.78, 5) is 7.65. The van der Waals surface area contributed by atoms with E-state index in [4.69, 9.17) is 4.74 Å². The number of nitrogens with one attached hydrogen (secondary N) is 1. The van der Waals surface area contributed by atoms with Gasteiger partial charge in [0.1, 0.15) is 5.75 Å². The highest BCUT2D eigenvalue weighted by Crippen LogP contribution is 2.25. The minimum atomic E-state index is 0.856. The first kappa shape index (κ1) is 9.90. The van der Waals surface area contributed by atoms with E-state index in [9.17, 15) is 0 Å². The molecule has 0 spiro atoms. The molecule has 3 aromatic rings. The van der Waals surface area contributed by atoms with E-state index in [2.05, 4.69) is 9.97 Å². The fraction of sp³-hybridized carbons (Fsp3) is 0.0714. The third-order valence-electron chi connectivity index (χ3n) is 2.77. The predicted octanol–water partition coefficient (Wildman–Crippen LogP) is 3.24. The summed E-state index contributed by atoms with van der Waals surface area (Å²) in [5.41, 5.74) is 4.18. The van der Waals surface area contributed by atoms with E-state index in [-0.39, 0.29) is 0 Å². The normalized spacial score (nSPS) is 10.6. The fourth-order valence-corrected chi connectivity index (χ4v) is 1.90. The average molecular weight is 224 g/mol. The van der Waals surface area contributed by atoms with Gasteiger partial charge in [0, 0.05) is 17.5 Å². The second-order valence-corrected chi connectivity index (χ2v) is 3.85. The minimum Gasteiger partial charge on any atom is -0.497 e. The molecule has 0 radical (unpaired) electrons. The van der Waals surface area contributed by atoms with Gasteiger partial charge in [0.2, 0.25) is 0 Å². The summed E-state index contributed by atoms with van der Waals surface area (Å²) < 4.78 is 5.22. The molecule has 0 saturated carbocycles. The zero-order valence-corrected chi connectivity index (χ0v) is 9.47. The molecule has 1 aromatic carbocycles. The highest BCUT2D eigenvalue weighted by molar-refractivity contribution is 5.82. The highest BCUT2D eigenvalue weighted by Gasteiger charge is 2.04. The Kier molecular flexibility index (Phi) is 2.29. The van der Waals surface area contributed by atoms with Crippen LogP contribution in [0.25, 0.3) is 22.3 Å². The van der Waals surface area contributed by atoms with Crippen molar-refractivity contribution in [3.05, 3.63) is 48.7 Å². The number of H-pyrrole nitrogens is 1. The van der Waals surface area contributed by atoms with Gasteiger partial charge in [-0.15, -0.1) is 0 Å². The summed E-state index contributed by atoms with van der Waals surface area (Å²) in [5.74, 6) is 0.856. The smallest absolute Gasteiger partial charge is 0.119 e. The van der Waals surface area contributed by atoms with E-state index >= 15 is 0 Å². The molecule has 0 amide bonds. The Labute approximate surface area is 99.1 Å². The number of benzene rings is 1. The minimum absolute atomic E-state index is 0.856. The van der Waals surface area contributed by atoms with Crippen LogP contribution < -0.4 is 4.74 Å². The molecule has 3 heteroatoms. The van der Waals surface area contributed by atoms with Crippen LogP contribution in [0.2, 0.25) is 0 Å². The van der Waals surface area contributed by atoms with Crippen LogP contribution in [0.15, 0.2) is 48.7 Å². The summed E-state index contributed by atoms with van der Waals surface area (Å²) >= 11 is 0. The number of methoxy groups -OCH3 is 1. The number of rotatable bonds is 2. The lowest BCUT2D eigenvalue weighted by Gasteiger charge is -2.01. The Bertz CT molecular complexity index is 625. The van der Waals surface area contributed by atoms with Crippen molar-refractivity contribution < 1.29 is 4.74 Å². The van der Waals surface area contributed by atoms with Gasteiger partial charge in [-0.2, -0.15) is 0 Å². The van der Waals surface area contributed by atoms with Crippen LogP contribution in [0.1, 0.15) is 0 Å². The van der Waals surface area contributed by atoms with Gasteiger partial charge in [-0.25, -0.2) is 0 Å². The van der Waals surface area contributed by atoms with Crippen molar-refractivity contribution in [2.75, 3.05) is 7.11 Å². The highest BCUT2D eigenvalue weighted by atomic mass is 16.5. The monoisotopic (exact) mass is 224 g/mol. The number of aromatic amines is 1. The van der Waals surface area contributed by atoms with Gasteiger partial charge in [0.25, 0.3) is 0 Å². The summed E-state index contributed by atoms with van der Waals surface area (Å²) in [7, 11) is 1.67. The average Bonchev–Trinajstić information content (AvgIpc) is 2.82. The maximum atomic E-state index is 5.22. The fourth-order valence-electron chi connectivity index (χ4n) is 1.90. The van der Waals surface area contributed by atoms with Crippen molar-refractivity contribution in [2.24, 2.45) is 0 Å². The lowest BCUT2D eigenvalue weighted by Crippen LogP contribution is -1.83. The van der Waals surface area contributed by atoms with Gasteiger partial charge in [0.15, 0.2) is 0 Å². The van der Waals surface area contributed by atoms with Crippen LogP contribution in [0, 0.1) is 0 Å². The number of ether oxygens (including phenoxy) is 1. The van der Waals surface area contributed by atoms with Gasteiger partial charge in [-0.1, -0.05) is 12.1 Å². The molecule has 1 N–H and O–H groups in total. The molecular formula is C14H12N2O. The Morgan fingerprint density at radius 2 is 2.06 bits per heavy atom. The number of nitrogens with zero attached hydrogens (tertiary/aromatic N) is 1. The third kappa shape index (κ3) is 1.76. The van der Waals surface area contributed by atoms with E-state index in [1.54, 1.807) is 13.3 Å². The van der Waals surface area contributed by atoms with Crippen LogP contribution in [0.5, 0.6) is 5.75 Å². The first-order valence-electron chi connectivity index (χ1n) is 5.45. The number of aromatic nitrogens is 2. The standard InChI is InChI=1S/C14H12N2O/c1-17-11-5-2-4-10(8-11)13-9-14-12(16-13)6-3-7-15-14/h2-9,16H,1H3. The van der Waals surface area contributed by atoms with E-state index in [0.29, 0.717) is 0 Å². The Balaban J connectivity index is 2.13. The van der Waals surface area contributed by atoms with Crippen molar-refractivity contribution in [1.82, 2.24) is 9.97 Å². The van der Waals surface area contributed by atoms with Crippen LogP contribution in [0.3, 0.4) is 0 Å². The molecule has 0 unspecified atom stereocenters. The van der Waals surface area contributed by atoms with Crippen LogP contribution >= 0.6 is 0 Å². The Morgan fingerprint density at radius 3 is 2.88 bits per heavy atom. The maximum Gasteiger partial charge on any atom is 0.119 e.